The molecule has 2 unspecified atom stereocenters. The van der Waals surface area contributed by atoms with E-state index in [0.29, 0.717) is 25.0 Å². The lowest BCUT2D eigenvalue weighted by molar-refractivity contribution is -0.147. The van der Waals surface area contributed by atoms with Crippen LogP contribution in [0, 0.1) is 17.8 Å². The molecule has 8 heteroatoms. The Labute approximate surface area is 136 Å². The molecule has 130 valence electrons. The van der Waals surface area contributed by atoms with Crippen LogP contribution in [-0.2, 0) is 9.53 Å². The second-order valence-corrected chi connectivity index (χ2v) is 6.82. The topological polar surface area (TPSA) is 71.8 Å². The van der Waals surface area contributed by atoms with Gasteiger partial charge in [-0.15, -0.1) is 0 Å². The van der Waals surface area contributed by atoms with Crippen molar-refractivity contribution in [3.8, 4) is 0 Å². The maximum Gasteiger partial charge on any atom is 0.306 e. The van der Waals surface area contributed by atoms with Crippen molar-refractivity contribution in [2.45, 2.75) is 24.9 Å². The van der Waals surface area contributed by atoms with Gasteiger partial charge < -0.3 is 14.9 Å². The number of pyridine rings is 1. The summed E-state index contributed by atoms with van der Waals surface area (Å²) in [6, 6.07) is 3.00. The molecule has 3 heterocycles. The molecule has 3 aliphatic rings. The summed E-state index contributed by atoms with van der Waals surface area (Å²) >= 11 is 0. The van der Waals surface area contributed by atoms with E-state index in [1.165, 1.54) is 10.7 Å². The summed E-state index contributed by atoms with van der Waals surface area (Å²) in [7, 11) is 0. The molecular formula is C16H18F2N2O4. The van der Waals surface area contributed by atoms with Gasteiger partial charge in [-0.1, -0.05) is 0 Å². The summed E-state index contributed by atoms with van der Waals surface area (Å²) in [6.45, 7) is 0.662. The van der Waals surface area contributed by atoms with Gasteiger partial charge in [-0.25, -0.2) is 13.5 Å². The first-order valence-electron chi connectivity index (χ1n) is 8.08. The predicted molar refractivity (Wildman–Crippen MR) is 79.6 cm³/mol. The van der Waals surface area contributed by atoms with Crippen molar-refractivity contribution in [3.05, 3.63) is 34.2 Å². The maximum absolute atomic E-state index is 13.3. The fourth-order valence-electron chi connectivity index (χ4n) is 3.82. The Morgan fingerprint density at radius 1 is 1.29 bits per heavy atom. The quantitative estimate of drug-likeness (QED) is 0.896. The van der Waals surface area contributed by atoms with Crippen LogP contribution in [0.4, 0.5) is 8.78 Å². The lowest BCUT2D eigenvalue weighted by Crippen LogP contribution is -2.43. The molecule has 1 aromatic heterocycles. The molecular weight excluding hydrogens is 322 g/mol. The third-order valence-corrected chi connectivity index (χ3v) is 5.41. The lowest BCUT2D eigenvalue weighted by atomic mass is 9.93. The normalized spacial score (nSPS) is 34.0. The molecule has 4 atom stereocenters. The first kappa shape index (κ1) is 15.6. The van der Waals surface area contributed by atoms with Crippen molar-refractivity contribution in [2.24, 2.45) is 17.8 Å². The summed E-state index contributed by atoms with van der Waals surface area (Å²) in [4.78, 5) is 23.3. The largest absolute Gasteiger partial charge is 0.481 e. The zero-order valence-corrected chi connectivity index (χ0v) is 12.9. The Kier molecular flexibility index (Phi) is 3.42. The Hall–Kier alpha value is -1.96. The predicted octanol–water partition coefficient (Wildman–Crippen LogP) is 1.23. The van der Waals surface area contributed by atoms with Crippen LogP contribution in [0.2, 0.25) is 0 Å². The smallest absolute Gasteiger partial charge is 0.306 e. The highest BCUT2D eigenvalue weighted by molar-refractivity contribution is 5.70. The Balaban J connectivity index is 1.54. The third-order valence-electron chi connectivity index (χ3n) is 5.41. The van der Waals surface area contributed by atoms with Gasteiger partial charge in [0, 0.05) is 32.0 Å². The molecule has 0 amide bonds. The molecule has 0 radical (unpaired) electrons. The van der Waals surface area contributed by atoms with Crippen molar-refractivity contribution in [2.75, 3.05) is 24.7 Å². The van der Waals surface area contributed by atoms with Crippen molar-refractivity contribution >= 4 is 5.97 Å². The zero-order chi connectivity index (χ0) is 17.1. The van der Waals surface area contributed by atoms with Gasteiger partial charge in [-0.3, -0.25) is 9.59 Å². The zero-order valence-electron chi connectivity index (χ0n) is 12.9. The summed E-state index contributed by atoms with van der Waals surface area (Å²) in [5.41, 5.74) is 0.418. The molecule has 1 saturated carbocycles. The number of hydrogen-bond donors (Lipinski definition) is 1. The number of piperidine rings is 1. The molecule has 1 N–H and O–H groups in total. The van der Waals surface area contributed by atoms with E-state index in [-0.39, 0.29) is 18.6 Å². The van der Waals surface area contributed by atoms with E-state index >= 15 is 0 Å². The number of alkyl halides is 2. The average molecular weight is 340 g/mol. The van der Waals surface area contributed by atoms with E-state index in [1.807, 2.05) is 0 Å². The van der Waals surface area contributed by atoms with Crippen LogP contribution in [0.25, 0.3) is 0 Å². The van der Waals surface area contributed by atoms with Gasteiger partial charge >= 0.3 is 5.97 Å². The number of hydrogen-bond acceptors (Lipinski definition) is 4. The van der Waals surface area contributed by atoms with Crippen LogP contribution in [0.3, 0.4) is 0 Å². The van der Waals surface area contributed by atoms with Gasteiger partial charge in [0.1, 0.15) is 0 Å². The third kappa shape index (κ3) is 2.40. The highest BCUT2D eigenvalue weighted by Crippen LogP contribution is 2.58. The highest BCUT2D eigenvalue weighted by atomic mass is 19.3. The van der Waals surface area contributed by atoms with E-state index < -0.39 is 35.7 Å². The number of carboxylic acid groups (broad SMARTS) is 1. The second-order valence-electron chi connectivity index (χ2n) is 6.82. The molecule has 2 aliphatic heterocycles. The van der Waals surface area contributed by atoms with Gasteiger partial charge in [0.15, 0.2) is 0 Å². The fourth-order valence-corrected chi connectivity index (χ4v) is 3.82. The van der Waals surface area contributed by atoms with Crippen LogP contribution < -0.4 is 10.6 Å². The van der Waals surface area contributed by atoms with E-state index in [2.05, 4.69) is 0 Å². The first-order chi connectivity index (χ1) is 11.4. The molecule has 0 bridgehead atoms. The number of nitrogens with zero attached hydrogens (tertiary/aromatic N) is 2. The fraction of sp³-hybridized carbons (Fsp3) is 0.625. The van der Waals surface area contributed by atoms with E-state index in [4.69, 9.17) is 9.84 Å². The number of carboxylic acids is 1. The number of ether oxygens (including phenoxy) is 1. The van der Waals surface area contributed by atoms with Crippen LogP contribution in [0.15, 0.2) is 23.1 Å². The average Bonchev–Trinajstić information content (AvgIpc) is 2.92. The van der Waals surface area contributed by atoms with Crippen molar-refractivity contribution in [3.63, 3.8) is 0 Å². The van der Waals surface area contributed by atoms with Crippen LogP contribution in [0.1, 0.15) is 24.5 Å². The molecule has 4 rings (SSSR count). The van der Waals surface area contributed by atoms with Crippen LogP contribution >= 0.6 is 0 Å². The van der Waals surface area contributed by atoms with Gasteiger partial charge in [0.05, 0.1) is 23.9 Å². The minimum atomic E-state index is -2.60. The number of aliphatic carboxylic acids is 1. The highest BCUT2D eigenvalue weighted by Gasteiger charge is 2.72. The van der Waals surface area contributed by atoms with Crippen molar-refractivity contribution in [1.82, 2.24) is 4.68 Å². The Morgan fingerprint density at radius 2 is 2.00 bits per heavy atom. The Morgan fingerprint density at radius 3 is 2.67 bits per heavy atom. The van der Waals surface area contributed by atoms with Gasteiger partial charge in [0.25, 0.3) is 11.5 Å². The summed E-state index contributed by atoms with van der Waals surface area (Å²) < 4.78 is 33.7. The van der Waals surface area contributed by atoms with Gasteiger partial charge in [0.2, 0.25) is 0 Å². The van der Waals surface area contributed by atoms with E-state index in [9.17, 15) is 18.4 Å². The molecule has 6 nitrogen and oxygen atoms in total. The number of aromatic nitrogens is 1. The molecule has 0 aromatic carbocycles. The molecule has 0 spiro atoms. The van der Waals surface area contributed by atoms with Crippen molar-refractivity contribution < 1.29 is 23.4 Å². The molecule has 24 heavy (non-hydrogen) atoms. The minimum absolute atomic E-state index is 0.157. The SMILES string of the molecule is O=C(O)[C@H]1CCO[C@@H](c2ccc(=O)n(N3CC4C(C3)C4(F)F)c2)C1. The monoisotopic (exact) mass is 340 g/mol. The van der Waals surface area contributed by atoms with Crippen LogP contribution in [0.5, 0.6) is 0 Å². The maximum atomic E-state index is 13.3. The second kappa shape index (κ2) is 5.27. The van der Waals surface area contributed by atoms with Gasteiger partial charge in [-0.2, -0.15) is 0 Å². The number of fused-ring (bicyclic) bond motifs is 1. The van der Waals surface area contributed by atoms with Crippen molar-refractivity contribution in [1.29, 1.82) is 0 Å². The standard InChI is InChI=1S/C16H18F2N2O4/c17-16(18)11-7-19(8-12(11)16)20-6-10(1-2-14(20)21)13-5-9(15(22)23)3-4-24-13/h1-2,6,9,11-13H,3-5,7-8H2,(H,22,23)/t9-,11?,12?,13+/m0/s1. The summed E-state index contributed by atoms with van der Waals surface area (Å²) in [5.74, 6) is -5.26. The number of carbonyl (C=O) groups is 1. The minimum Gasteiger partial charge on any atom is -0.481 e. The molecule has 3 fully saturated rings. The number of halogens is 2. The summed E-state index contributed by atoms with van der Waals surface area (Å²) in [6.07, 6.45) is 2.01. The Bertz CT molecular complexity index is 721. The van der Waals surface area contributed by atoms with E-state index in [0.717, 1.165) is 0 Å². The van der Waals surface area contributed by atoms with E-state index in [1.54, 1.807) is 17.3 Å². The summed E-state index contributed by atoms with van der Waals surface area (Å²) in [5, 5.41) is 10.8. The van der Waals surface area contributed by atoms with Gasteiger partial charge in [-0.05, 0) is 24.5 Å². The lowest BCUT2D eigenvalue weighted by Gasteiger charge is -2.29. The first-order valence-corrected chi connectivity index (χ1v) is 8.08. The molecule has 1 aliphatic carbocycles. The number of rotatable bonds is 3. The molecule has 1 aromatic rings. The van der Waals surface area contributed by atoms with Crippen LogP contribution in [-0.4, -0.2) is 41.4 Å². The molecule has 2 saturated heterocycles.